The van der Waals surface area contributed by atoms with Crippen molar-refractivity contribution in [3.63, 3.8) is 0 Å². The van der Waals surface area contributed by atoms with Crippen LogP contribution in [-0.4, -0.2) is 33.9 Å². The fraction of sp³-hybridized carbons (Fsp3) is 0.400. The van der Waals surface area contributed by atoms with Crippen molar-refractivity contribution in [3.05, 3.63) is 64.7 Å². The Balaban J connectivity index is 2.03. The van der Waals surface area contributed by atoms with Crippen LogP contribution in [0.5, 0.6) is 0 Å². The molecule has 6 heteroatoms. The van der Waals surface area contributed by atoms with Gasteiger partial charge in [0.1, 0.15) is 0 Å². The van der Waals surface area contributed by atoms with Gasteiger partial charge in [-0.2, -0.15) is 0 Å². The zero-order valence-corrected chi connectivity index (χ0v) is 16.6. The average molecular weight is 394 g/mol. The Morgan fingerprint density at radius 1 is 1.12 bits per heavy atom. The second-order valence-corrected chi connectivity index (χ2v) is 9.37. The molecule has 0 aromatic heterocycles. The Morgan fingerprint density at radius 2 is 1.73 bits per heavy atom. The summed E-state index contributed by atoms with van der Waals surface area (Å²) in [6.07, 6.45) is 0.942. The molecule has 2 aromatic carbocycles. The van der Waals surface area contributed by atoms with Crippen LogP contribution in [0.25, 0.3) is 0 Å². The smallest absolute Gasteiger partial charge is 0.182 e. The maximum Gasteiger partial charge on any atom is 0.182 e. The largest absolute Gasteiger partial charge is 0.384 e. The van der Waals surface area contributed by atoms with Crippen molar-refractivity contribution in [1.29, 1.82) is 0 Å². The Bertz CT molecular complexity index is 865. The van der Waals surface area contributed by atoms with E-state index in [-0.39, 0.29) is 17.4 Å². The second-order valence-electron chi connectivity index (χ2n) is 6.86. The summed E-state index contributed by atoms with van der Waals surface area (Å²) in [6.45, 7) is 2.65. The second kappa shape index (κ2) is 7.31. The van der Waals surface area contributed by atoms with Crippen molar-refractivity contribution < 1.29 is 13.2 Å². The summed E-state index contributed by atoms with van der Waals surface area (Å²) in [5.41, 5.74) is 7.66. The Kier molecular flexibility index (Phi) is 5.45. The first-order valence-corrected chi connectivity index (χ1v) is 10.6. The number of sulfone groups is 1. The van der Waals surface area contributed by atoms with E-state index >= 15 is 0 Å². The van der Waals surface area contributed by atoms with Crippen LogP contribution >= 0.6 is 11.6 Å². The van der Waals surface area contributed by atoms with E-state index in [9.17, 15) is 8.42 Å². The minimum atomic E-state index is -3.56. The monoisotopic (exact) mass is 393 g/mol. The highest BCUT2D eigenvalue weighted by atomic mass is 35.5. The Hall–Kier alpha value is -1.40. The number of ether oxygens (including phenoxy) is 1. The first-order valence-electron chi connectivity index (χ1n) is 8.68. The fourth-order valence-electron chi connectivity index (χ4n) is 3.92. The normalized spacial score (nSPS) is 25.2. The average Bonchev–Trinajstić information content (AvgIpc) is 3.32. The standard InChI is InChI=1S/C20H24ClNO3S/c1-3-14-4-6-15(7-5-14)18-19(20(18,12-22)13-25-2)26(23,24)17-10-8-16(21)9-11-17/h4-11,18-19H,3,12-13,22H2,1-2H3/t18-,19-,20-/m1/s1. The lowest BCUT2D eigenvalue weighted by atomic mass is 9.99. The van der Waals surface area contributed by atoms with Gasteiger partial charge in [0.25, 0.3) is 0 Å². The van der Waals surface area contributed by atoms with Gasteiger partial charge < -0.3 is 10.5 Å². The van der Waals surface area contributed by atoms with E-state index in [4.69, 9.17) is 22.1 Å². The minimum Gasteiger partial charge on any atom is -0.384 e. The molecule has 1 aliphatic carbocycles. The number of hydrogen-bond donors (Lipinski definition) is 1. The van der Waals surface area contributed by atoms with Crippen LogP contribution in [-0.2, 0) is 21.0 Å². The molecular weight excluding hydrogens is 370 g/mol. The van der Waals surface area contributed by atoms with E-state index in [2.05, 4.69) is 6.92 Å². The molecule has 3 rings (SSSR count). The maximum absolute atomic E-state index is 13.3. The van der Waals surface area contributed by atoms with Crippen molar-refractivity contribution in [2.24, 2.45) is 11.1 Å². The van der Waals surface area contributed by atoms with E-state index in [0.29, 0.717) is 11.6 Å². The van der Waals surface area contributed by atoms with Crippen LogP contribution in [0.4, 0.5) is 0 Å². The van der Waals surface area contributed by atoms with Gasteiger partial charge in [-0.1, -0.05) is 42.8 Å². The number of halogens is 1. The van der Waals surface area contributed by atoms with Crippen LogP contribution in [0.15, 0.2) is 53.4 Å². The van der Waals surface area contributed by atoms with Crippen LogP contribution in [0.2, 0.25) is 5.02 Å². The third-order valence-corrected chi connectivity index (χ3v) is 7.99. The van der Waals surface area contributed by atoms with Crippen LogP contribution in [0.3, 0.4) is 0 Å². The molecule has 0 aliphatic heterocycles. The van der Waals surface area contributed by atoms with Crippen molar-refractivity contribution in [2.75, 3.05) is 20.3 Å². The van der Waals surface area contributed by atoms with Crippen LogP contribution < -0.4 is 5.73 Å². The zero-order valence-electron chi connectivity index (χ0n) is 15.0. The molecule has 2 N–H and O–H groups in total. The number of benzene rings is 2. The lowest BCUT2D eigenvalue weighted by Crippen LogP contribution is -2.28. The van der Waals surface area contributed by atoms with Gasteiger partial charge in [-0.3, -0.25) is 0 Å². The molecule has 140 valence electrons. The molecule has 0 bridgehead atoms. The molecule has 1 fully saturated rings. The van der Waals surface area contributed by atoms with Gasteiger partial charge in [0, 0.05) is 30.0 Å². The van der Waals surface area contributed by atoms with Gasteiger partial charge >= 0.3 is 0 Å². The van der Waals surface area contributed by atoms with Crippen LogP contribution in [0, 0.1) is 5.41 Å². The van der Waals surface area contributed by atoms with Crippen molar-refractivity contribution in [1.82, 2.24) is 0 Å². The van der Waals surface area contributed by atoms with E-state index < -0.39 is 20.5 Å². The number of hydrogen-bond acceptors (Lipinski definition) is 4. The lowest BCUT2D eigenvalue weighted by Gasteiger charge is -2.15. The summed E-state index contributed by atoms with van der Waals surface area (Å²) in [6, 6.07) is 14.4. The number of rotatable bonds is 7. The predicted molar refractivity (Wildman–Crippen MR) is 104 cm³/mol. The van der Waals surface area contributed by atoms with Crippen LogP contribution in [0.1, 0.15) is 24.0 Å². The first-order chi connectivity index (χ1) is 12.4. The van der Waals surface area contributed by atoms with Crippen molar-refractivity contribution in [2.45, 2.75) is 29.4 Å². The van der Waals surface area contributed by atoms with Gasteiger partial charge in [-0.05, 0) is 41.8 Å². The molecule has 4 nitrogen and oxygen atoms in total. The van der Waals surface area contributed by atoms with Gasteiger partial charge in [0.05, 0.1) is 16.8 Å². The first kappa shape index (κ1) is 19.4. The number of nitrogens with two attached hydrogens (primary N) is 1. The molecule has 1 aliphatic rings. The topological polar surface area (TPSA) is 69.4 Å². The summed E-state index contributed by atoms with van der Waals surface area (Å²) in [4.78, 5) is 0.272. The molecule has 0 radical (unpaired) electrons. The van der Waals surface area contributed by atoms with Gasteiger partial charge in [0.15, 0.2) is 9.84 Å². The Morgan fingerprint density at radius 3 is 2.23 bits per heavy atom. The van der Waals surface area contributed by atoms with E-state index in [1.165, 1.54) is 5.56 Å². The molecule has 2 aromatic rings. The molecule has 0 saturated heterocycles. The molecule has 1 saturated carbocycles. The van der Waals surface area contributed by atoms with E-state index in [1.807, 2.05) is 24.3 Å². The summed E-state index contributed by atoms with van der Waals surface area (Å²) in [7, 11) is -1.97. The third kappa shape index (κ3) is 3.18. The summed E-state index contributed by atoms with van der Waals surface area (Å²) >= 11 is 5.91. The zero-order chi connectivity index (χ0) is 18.9. The predicted octanol–water partition coefficient (Wildman–Crippen LogP) is 3.43. The molecular formula is C20H24ClNO3S. The van der Waals surface area contributed by atoms with E-state index in [1.54, 1.807) is 31.4 Å². The van der Waals surface area contributed by atoms with Crippen molar-refractivity contribution in [3.8, 4) is 0 Å². The lowest BCUT2D eigenvalue weighted by molar-refractivity contribution is 0.142. The fourth-order valence-corrected chi connectivity index (χ4v) is 6.49. The van der Waals surface area contributed by atoms with Gasteiger partial charge in [-0.25, -0.2) is 8.42 Å². The molecule has 0 unspecified atom stereocenters. The SMILES string of the molecule is CCc1ccc([C@@H]2[C@@H](S(=O)(=O)c3ccc(Cl)cc3)[C@]2(CN)COC)cc1. The van der Waals surface area contributed by atoms with Crippen molar-refractivity contribution >= 4 is 21.4 Å². The molecule has 0 heterocycles. The highest BCUT2D eigenvalue weighted by molar-refractivity contribution is 7.92. The summed E-state index contributed by atoms with van der Waals surface area (Å²) < 4.78 is 32.0. The summed E-state index contributed by atoms with van der Waals surface area (Å²) in [5, 5.41) is -0.0953. The molecule has 26 heavy (non-hydrogen) atoms. The quantitative estimate of drug-likeness (QED) is 0.782. The molecule has 0 amide bonds. The Labute approximate surface area is 160 Å². The highest BCUT2D eigenvalue weighted by Crippen LogP contribution is 2.63. The number of aryl methyl sites for hydroxylation is 1. The molecule has 0 spiro atoms. The third-order valence-electron chi connectivity index (χ3n) is 5.40. The summed E-state index contributed by atoms with van der Waals surface area (Å²) in [5.74, 6) is -0.181. The van der Waals surface area contributed by atoms with E-state index in [0.717, 1.165) is 12.0 Å². The van der Waals surface area contributed by atoms with Gasteiger partial charge in [-0.15, -0.1) is 0 Å². The molecule has 3 atom stereocenters. The highest BCUT2D eigenvalue weighted by Gasteiger charge is 2.70. The number of methoxy groups -OCH3 is 1. The van der Waals surface area contributed by atoms with Gasteiger partial charge in [0.2, 0.25) is 0 Å². The maximum atomic E-state index is 13.3. The minimum absolute atomic E-state index is 0.181.